The van der Waals surface area contributed by atoms with Crippen molar-refractivity contribution in [1.82, 2.24) is 0 Å². The largest absolute Gasteiger partial charge is 0.295 e. The molecule has 0 aromatic heterocycles. The highest BCUT2D eigenvalue weighted by molar-refractivity contribution is 14.1. The third-order valence-electron chi connectivity index (χ3n) is 3.00. The van der Waals surface area contributed by atoms with E-state index in [9.17, 15) is 13.2 Å². The van der Waals surface area contributed by atoms with E-state index in [4.69, 9.17) is 0 Å². The molecule has 0 fully saturated rings. The number of Topliss-reactive ketones (excluding diaryl/α,β-unsaturated/α-hetero) is 1. The lowest BCUT2D eigenvalue weighted by atomic mass is 10.2. The minimum Gasteiger partial charge on any atom is -0.295 e. The summed E-state index contributed by atoms with van der Waals surface area (Å²) in [6, 6.07) is 11.2. The molecule has 0 bridgehead atoms. The number of rotatable bonds is 4. The number of ketones is 1. The Kier molecular flexibility index (Phi) is 4.67. The molecule has 4 nitrogen and oxygen atoms in total. The van der Waals surface area contributed by atoms with E-state index in [0.29, 0.717) is 11.3 Å². The van der Waals surface area contributed by atoms with Crippen LogP contribution in [-0.2, 0) is 10.0 Å². The summed E-state index contributed by atoms with van der Waals surface area (Å²) in [7, 11) is -3.65. The topological polar surface area (TPSA) is 63.2 Å². The summed E-state index contributed by atoms with van der Waals surface area (Å²) in [5, 5.41) is 0. The molecule has 0 spiro atoms. The fraction of sp³-hybridized carbons (Fsp3) is 0.133. The van der Waals surface area contributed by atoms with Crippen LogP contribution in [0.1, 0.15) is 22.8 Å². The van der Waals surface area contributed by atoms with Gasteiger partial charge in [0.2, 0.25) is 0 Å². The molecule has 0 aliphatic carbocycles. The Morgan fingerprint density at radius 2 is 1.71 bits per heavy atom. The number of carbonyl (C=O) groups is 1. The fourth-order valence-electron chi connectivity index (χ4n) is 1.74. The van der Waals surface area contributed by atoms with Crippen LogP contribution in [-0.4, -0.2) is 14.2 Å². The van der Waals surface area contributed by atoms with Crippen molar-refractivity contribution in [1.29, 1.82) is 0 Å². The number of carbonyl (C=O) groups excluding carboxylic acids is 1. The summed E-state index contributed by atoms with van der Waals surface area (Å²) in [4.78, 5) is 11.3. The van der Waals surface area contributed by atoms with Crippen LogP contribution in [0.2, 0.25) is 0 Å². The fourth-order valence-corrected chi connectivity index (χ4v) is 3.30. The summed E-state index contributed by atoms with van der Waals surface area (Å²) in [6.07, 6.45) is 0. The first-order chi connectivity index (χ1) is 9.79. The standard InChI is InChI=1S/C15H14INO3S/c1-10-3-6-13(9-15(10)16)17-21(19,20)14-7-4-12(5-8-14)11(2)18/h3-9,17H,1-2H3. The van der Waals surface area contributed by atoms with E-state index in [2.05, 4.69) is 27.3 Å². The van der Waals surface area contributed by atoms with Gasteiger partial charge in [-0.15, -0.1) is 0 Å². The Hall–Kier alpha value is -1.41. The summed E-state index contributed by atoms with van der Waals surface area (Å²) >= 11 is 2.16. The van der Waals surface area contributed by atoms with Crippen LogP contribution in [0, 0.1) is 10.5 Å². The summed E-state index contributed by atoms with van der Waals surface area (Å²) in [5.74, 6) is -0.0972. The average molecular weight is 415 g/mol. The maximum Gasteiger partial charge on any atom is 0.261 e. The lowest BCUT2D eigenvalue weighted by Gasteiger charge is -2.09. The van der Waals surface area contributed by atoms with Crippen LogP contribution in [0.3, 0.4) is 0 Å². The molecule has 2 rings (SSSR count). The first-order valence-corrected chi connectivity index (χ1v) is 8.76. The van der Waals surface area contributed by atoms with Gasteiger partial charge in [0.25, 0.3) is 10.0 Å². The molecule has 21 heavy (non-hydrogen) atoms. The van der Waals surface area contributed by atoms with Gasteiger partial charge < -0.3 is 0 Å². The Labute approximate surface area is 137 Å². The molecule has 0 radical (unpaired) electrons. The van der Waals surface area contributed by atoms with Gasteiger partial charge in [-0.25, -0.2) is 8.42 Å². The third-order valence-corrected chi connectivity index (χ3v) is 5.55. The van der Waals surface area contributed by atoms with Crippen molar-refractivity contribution in [3.63, 3.8) is 0 Å². The van der Waals surface area contributed by atoms with Crippen LogP contribution < -0.4 is 4.72 Å². The number of hydrogen-bond donors (Lipinski definition) is 1. The number of halogens is 1. The van der Waals surface area contributed by atoms with Gasteiger partial charge in [-0.05, 0) is 66.3 Å². The minimum absolute atomic E-state index is 0.0972. The number of nitrogens with one attached hydrogen (secondary N) is 1. The van der Waals surface area contributed by atoms with Crippen LogP contribution in [0.25, 0.3) is 0 Å². The number of hydrogen-bond acceptors (Lipinski definition) is 3. The van der Waals surface area contributed by atoms with Crippen molar-refractivity contribution in [2.75, 3.05) is 4.72 Å². The van der Waals surface area contributed by atoms with Crippen molar-refractivity contribution in [3.05, 3.63) is 57.2 Å². The van der Waals surface area contributed by atoms with Gasteiger partial charge in [0.1, 0.15) is 0 Å². The van der Waals surface area contributed by atoms with E-state index in [0.717, 1.165) is 9.13 Å². The molecule has 0 heterocycles. The zero-order chi connectivity index (χ0) is 15.6. The molecular weight excluding hydrogens is 401 g/mol. The van der Waals surface area contributed by atoms with Crippen molar-refractivity contribution in [3.8, 4) is 0 Å². The lowest BCUT2D eigenvalue weighted by molar-refractivity contribution is 0.101. The van der Waals surface area contributed by atoms with E-state index >= 15 is 0 Å². The first-order valence-electron chi connectivity index (χ1n) is 6.19. The van der Waals surface area contributed by atoms with Gasteiger partial charge >= 0.3 is 0 Å². The zero-order valence-electron chi connectivity index (χ0n) is 11.6. The lowest BCUT2D eigenvalue weighted by Crippen LogP contribution is -2.13. The van der Waals surface area contributed by atoms with E-state index in [1.165, 1.54) is 31.2 Å². The summed E-state index contributed by atoms with van der Waals surface area (Å²) in [6.45, 7) is 3.40. The number of anilines is 1. The number of aryl methyl sites for hydroxylation is 1. The predicted molar refractivity (Wildman–Crippen MR) is 91.2 cm³/mol. The third kappa shape index (κ3) is 3.82. The predicted octanol–water partition coefficient (Wildman–Crippen LogP) is 3.60. The Bertz CT molecular complexity index is 783. The molecule has 0 amide bonds. The monoisotopic (exact) mass is 415 g/mol. The molecule has 0 aliphatic rings. The number of benzene rings is 2. The molecule has 0 unspecified atom stereocenters. The highest BCUT2D eigenvalue weighted by atomic mass is 127. The molecule has 0 atom stereocenters. The molecule has 110 valence electrons. The second kappa shape index (κ2) is 6.15. The Balaban J connectivity index is 2.29. The molecule has 2 aromatic carbocycles. The van der Waals surface area contributed by atoms with Crippen LogP contribution in [0.15, 0.2) is 47.4 Å². The Morgan fingerprint density at radius 3 is 2.24 bits per heavy atom. The molecule has 0 saturated heterocycles. The molecular formula is C15H14INO3S. The van der Waals surface area contributed by atoms with Crippen molar-refractivity contribution in [2.45, 2.75) is 18.7 Å². The van der Waals surface area contributed by atoms with E-state index in [-0.39, 0.29) is 10.7 Å². The smallest absolute Gasteiger partial charge is 0.261 e. The molecule has 2 aromatic rings. The van der Waals surface area contributed by atoms with Crippen LogP contribution in [0.4, 0.5) is 5.69 Å². The van der Waals surface area contributed by atoms with Gasteiger partial charge in [0.05, 0.1) is 4.90 Å². The van der Waals surface area contributed by atoms with Gasteiger partial charge in [0.15, 0.2) is 5.78 Å². The highest BCUT2D eigenvalue weighted by Gasteiger charge is 2.14. The van der Waals surface area contributed by atoms with Gasteiger partial charge in [-0.2, -0.15) is 0 Å². The molecule has 0 saturated carbocycles. The molecule has 0 aliphatic heterocycles. The molecule has 6 heteroatoms. The van der Waals surface area contributed by atoms with Crippen molar-refractivity contribution >= 4 is 44.1 Å². The van der Waals surface area contributed by atoms with Gasteiger partial charge in [-0.1, -0.05) is 18.2 Å². The SMILES string of the molecule is CC(=O)c1ccc(S(=O)(=O)Nc2ccc(C)c(I)c2)cc1. The quantitative estimate of drug-likeness (QED) is 0.613. The average Bonchev–Trinajstić information content (AvgIpc) is 2.43. The van der Waals surface area contributed by atoms with Gasteiger partial charge in [-0.3, -0.25) is 9.52 Å². The second-order valence-electron chi connectivity index (χ2n) is 4.65. The second-order valence-corrected chi connectivity index (χ2v) is 7.49. The van der Waals surface area contributed by atoms with Crippen LogP contribution in [0.5, 0.6) is 0 Å². The number of sulfonamides is 1. The van der Waals surface area contributed by atoms with Crippen molar-refractivity contribution < 1.29 is 13.2 Å². The van der Waals surface area contributed by atoms with E-state index < -0.39 is 10.0 Å². The van der Waals surface area contributed by atoms with Crippen LogP contribution >= 0.6 is 22.6 Å². The highest BCUT2D eigenvalue weighted by Crippen LogP contribution is 2.20. The summed E-state index contributed by atoms with van der Waals surface area (Å²) in [5.41, 5.74) is 2.09. The maximum atomic E-state index is 12.3. The van der Waals surface area contributed by atoms with E-state index in [1.54, 1.807) is 12.1 Å². The summed E-state index contributed by atoms with van der Waals surface area (Å²) < 4.78 is 28.1. The van der Waals surface area contributed by atoms with Crippen molar-refractivity contribution in [2.24, 2.45) is 0 Å². The maximum absolute atomic E-state index is 12.3. The normalized spacial score (nSPS) is 11.2. The molecule has 1 N–H and O–H groups in total. The Morgan fingerprint density at radius 1 is 1.10 bits per heavy atom. The van der Waals surface area contributed by atoms with Gasteiger partial charge in [0, 0.05) is 14.8 Å². The van der Waals surface area contributed by atoms with E-state index in [1.807, 2.05) is 13.0 Å². The zero-order valence-corrected chi connectivity index (χ0v) is 14.5. The first kappa shape index (κ1) is 16.0. The minimum atomic E-state index is -3.65.